The maximum Gasteiger partial charge on any atom is 0.150 e. The summed E-state index contributed by atoms with van der Waals surface area (Å²) in [4.78, 5) is 10.5. The lowest BCUT2D eigenvalue weighted by Crippen LogP contribution is -2.05. The number of aldehydes is 1. The largest absolute Gasteiger partial charge is 0.489 e. The van der Waals surface area contributed by atoms with E-state index >= 15 is 0 Å². The Hall–Kier alpha value is -1.02. The van der Waals surface area contributed by atoms with E-state index in [1.807, 2.05) is 13.0 Å². The minimum atomic E-state index is 0.161. The lowest BCUT2D eigenvalue weighted by molar-refractivity contribution is 0.112. The average Bonchev–Trinajstić information content (AvgIpc) is 2.46. The topological polar surface area (TPSA) is 26.3 Å². The van der Waals surface area contributed by atoms with Crippen LogP contribution in [0.15, 0.2) is 12.1 Å². The summed E-state index contributed by atoms with van der Waals surface area (Å²) >= 11 is 5.93. The van der Waals surface area contributed by atoms with Gasteiger partial charge in [0.15, 0.2) is 0 Å². The molecule has 1 atom stereocenters. The van der Waals surface area contributed by atoms with Crippen LogP contribution in [0.1, 0.15) is 22.8 Å². The number of hydrogen-bond donors (Lipinski definition) is 0. The van der Waals surface area contributed by atoms with Crippen molar-refractivity contribution in [2.45, 2.75) is 19.4 Å². The standard InChI is InChI=1S/C10H9ClO2/c1-6-2-8-3-7(5-12)4-9(11)10(8)13-6/h3-6H,2H2,1H3. The van der Waals surface area contributed by atoms with Crippen molar-refractivity contribution in [2.24, 2.45) is 0 Å². The molecule has 13 heavy (non-hydrogen) atoms. The molecule has 1 aromatic carbocycles. The van der Waals surface area contributed by atoms with Crippen LogP contribution in [0.4, 0.5) is 0 Å². The van der Waals surface area contributed by atoms with Gasteiger partial charge in [-0.05, 0) is 19.1 Å². The zero-order valence-electron chi connectivity index (χ0n) is 7.21. The summed E-state index contributed by atoms with van der Waals surface area (Å²) in [5, 5.41) is 0.531. The van der Waals surface area contributed by atoms with Gasteiger partial charge in [0, 0.05) is 17.5 Å². The van der Waals surface area contributed by atoms with Gasteiger partial charge in [-0.25, -0.2) is 0 Å². The normalized spacial score (nSPS) is 19.4. The molecular formula is C10H9ClO2. The fraction of sp³-hybridized carbons (Fsp3) is 0.300. The zero-order chi connectivity index (χ0) is 9.42. The number of hydrogen-bond acceptors (Lipinski definition) is 2. The van der Waals surface area contributed by atoms with Gasteiger partial charge in [-0.15, -0.1) is 0 Å². The molecule has 0 amide bonds. The molecule has 0 N–H and O–H groups in total. The van der Waals surface area contributed by atoms with Crippen molar-refractivity contribution < 1.29 is 9.53 Å². The SMILES string of the molecule is CC1Cc2cc(C=O)cc(Cl)c2O1. The Labute approximate surface area is 81.5 Å². The van der Waals surface area contributed by atoms with E-state index in [1.165, 1.54) is 0 Å². The minimum absolute atomic E-state index is 0.161. The first-order chi connectivity index (χ1) is 6.20. The van der Waals surface area contributed by atoms with Gasteiger partial charge < -0.3 is 4.74 Å². The third-order valence-electron chi connectivity index (χ3n) is 2.11. The molecule has 1 aliphatic heterocycles. The van der Waals surface area contributed by atoms with Crippen molar-refractivity contribution in [3.05, 3.63) is 28.3 Å². The van der Waals surface area contributed by atoms with Gasteiger partial charge in [0.25, 0.3) is 0 Å². The summed E-state index contributed by atoms with van der Waals surface area (Å²) in [5.41, 5.74) is 1.64. The Balaban J connectivity index is 2.52. The number of carbonyl (C=O) groups is 1. The Morgan fingerprint density at radius 2 is 2.38 bits per heavy atom. The summed E-state index contributed by atoms with van der Waals surface area (Å²) in [5.74, 6) is 0.736. The van der Waals surface area contributed by atoms with Gasteiger partial charge in [0.05, 0.1) is 5.02 Å². The van der Waals surface area contributed by atoms with Gasteiger partial charge in [0.1, 0.15) is 18.1 Å². The van der Waals surface area contributed by atoms with Gasteiger partial charge in [-0.1, -0.05) is 11.6 Å². The Morgan fingerprint density at radius 1 is 1.62 bits per heavy atom. The van der Waals surface area contributed by atoms with E-state index in [-0.39, 0.29) is 6.10 Å². The Morgan fingerprint density at radius 3 is 3.08 bits per heavy atom. The van der Waals surface area contributed by atoms with Gasteiger partial charge in [-0.2, -0.15) is 0 Å². The van der Waals surface area contributed by atoms with E-state index in [9.17, 15) is 4.79 Å². The highest BCUT2D eigenvalue weighted by molar-refractivity contribution is 6.32. The predicted molar refractivity (Wildman–Crippen MR) is 50.6 cm³/mol. The lowest BCUT2D eigenvalue weighted by atomic mass is 10.1. The smallest absolute Gasteiger partial charge is 0.150 e. The molecule has 0 aliphatic carbocycles. The highest BCUT2D eigenvalue weighted by Gasteiger charge is 2.22. The van der Waals surface area contributed by atoms with Crippen molar-refractivity contribution in [3.8, 4) is 5.75 Å². The molecule has 3 heteroatoms. The van der Waals surface area contributed by atoms with Crippen molar-refractivity contribution in [2.75, 3.05) is 0 Å². The van der Waals surface area contributed by atoms with E-state index in [4.69, 9.17) is 16.3 Å². The Bertz CT molecular complexity index is 360. The Kier molecular flexibility index (Phi) is 2.00. The molecule has 0 spiro atoms. The molecule has 68 valence electrons. The van der Waals surface area contributed by atoms with Crippen LogP contribution < -0.4 is 4.74 Å². The fourth-order valence-electron chi connectivity index (χ4n) is 1.58. The molecule has 0 saturated heterocycles. The molecule has 2 rings (SSSR count). The number of halogens is 1. The number of rotatable bonds is 1. The van der Waals surface area contributed by atoms with Crippen LogP contribution in [-0.4, -0.2) is 12.4 Å². The van der Waals surface area contributed by atoms with E-state index in [2.05, 4.69) is 0 Å². The predicted octanol–water partition coefficient (Wildman–Crippen LogP) is 2.48. The van der Waals surface area contributed by atoms with Gasteiger partial charge >= 0.3 is 0 Å². The van der Waals surface area contributed by atoms with Crippen LogP contribution in [0.5, 0.6) is 5.75 Å². The number of benzene rings is 1. The van der Waals surface area contributed by atoms with E-state index < -0.39 is 0 Å². The number of ether oxygens (including phenoxy) is 1. The average molecular weight is 197 g/mol. The van der Waals surface area contributed by atoms with Crippen LogP contribution in [0, 0.1) is 0 Å². The highest BCUT2D eigenvalue weighted by Crippen LogP contribution is 2.36. The molecule has 1 aliphatic rings. The second-order valence-corrected chi connectivity index (χ2v) is 3.65. The second-order valence-electron chi connectivity index (χ2n) is 3.24. The third-order valence-corrected chi connectivity index (χ3v) is 2.39. The fourth-order valence-corrected chi connectivity index (χ4v) is 1.87. The van der Waals surface area contributed by atoms with Crippen LogP contribution in [-0.2, 0) is 6.42 Å². The molecule has 0 bridgehead atoms. The van der Waals surface area contributed by atoms with Crippen LogP contribution in [0.2, 0.25) is 5.02 Å². The van der Waals surface area contributed by atoms with Crippen LogP contribution >= 0.6 is 11.6 Å². The first kappa shape index (κ1) is 8.57. The van der Waals surface area contributed by atoms with E-state index in [0.717, 1.165) is 24.0 Å². The molecule has 0 aromatic heterocycles. The molecule has 0 saturated carbocycles. The molecular weight excluding hydrogens is 188 g/mol. The maximum absolute atomic E-state index is 10.5. The van der Waals surface area contributed by atoms with Crippen LogP contribution in [0.3, 0.4) is 0 Å². The van der Waals surface area contributed by atoms with Crippen molar-refractivity contribution >= 4 is 17.9 Å². The molecule has 2 nitrogen and oxygen atoms in total. The van der Waals surface area contributed by atoms with Gasteiger partial charge in [-0.3, -0.25) is 4.79 Å². The minimum Gasteiger partial charge on any atom is -0.489 e. The third kappa shape index (κ3) is 1.42. The monoisotopic (exact) mass is 196 g/mol. The van der Waals surface area contributed by atoms with E-state index in [1.54, 1.807) is 6.07 Å². The summed E-state index contributed by atoms with van der Waals surface area (Å²) in [6.07, 6.45) is 1.79. The van der Waals surface area contributed by atoms with Crippen LogP contribution in [0.25, 0.3) is 0 Å². The summed E-state index contributed by atoms with van der Waals surface area (Å²) in [7, 11) is 0. The number of carbonyl (C=O) groups excluding carboxylic acids is 1. The lowest BCUT2D eigenvalue weighted by Gasteiger charge is -2.04. The maximum atomic E-state index is 10.5. The molecule has 1 heterocycles. The first-order valence-corrected chi connectivity index (χ1v) is 4.53. The molecule has 0 radical (unpaired) electrons. The molecule has 1 unspecified atom stereocenters. The number of fused-ring (bicyclic) bond motifs is 1. The summed E-state index contributed by atoms with van der Waals surface area (Å²) in [6, 6.07) is 3.46. The molecule has 1 aromatic rings. The van der Waals surface area contributed by atoms with Crippen molar-refractivity contribution in [3.63, 3.8) is 0 Å². The quantitative estimate of drug-likeness (QED) is 0.645. The second kappa shape index (κ2) is 3.04. The molecule has 0 fully saturated rings. The highest BCUT2D eigenvalue weighted by atomic mass is 35.5. The summed E-state index contributed by atoms with van der Waals surface area (Å²) in [6.45, 7) is 1.98. The van der Waals surface area contributed by atoms with E-state index in [0.29, 0.717) is 10.6 Å². The van der Waals surface area contributed by atoms with Crippen molar-refractivity contribution in [1.82, 2.24) is 0 Å². The van der Waals surface area contributed by atoms with Crippen molar-refractivity contribution in [1.29, 1.82) is 0 Å². The zero-order valence-corrected chi connectivity index (χ0v) is 7.97. The first-order valence-electron chi connectivity index (χ1n) is 4.15. The summed E-state index contributed by atoms with van der Waals surface area (Å²) < 4.78 is 5.49. The van der Waals surface area contributed by atoms with Gasteiger partial charge in [0.2, 0.25) is 0 Å².